The van der Waals surface area contributed by atoms with E-state index in [1.54, 1.807) is 18.3 Å². The van der Waals surface area contributed by atoms with Crippen LogP contribution in [0.3, 0.4) is 0 Å². The smallest absolute Gasteiger partial charge is 0.255 e. The maximum atomic E-state index is 12.7. The van der Waals surface area contributed by atoms with Gasteiger partial charge in [0.2, 0.25) is 0 Å². The molecule has 0 radical (unpaired) electrons. The minimum Gasteiger partial charge on any atom is -0.392 e. The third-order valence-electron chi connectivity index (χ3n) is 4.89. The van der Waals surface area contributed by atoms with Gasteiger partial charge in [-0.15, -0.1) is 0 Å². The number of fused-ring (bicyclic) bond motifs is 5. The maximum Gasteiger partial charge on any atom is 0.255 e. The zero-order valence-corrected chi connectivity index (χ0v) is 14.3. The molecule has 4 N–H and O–H groups in total. The number of aromatic amines is 2. The Morgan fingerprint density at radius 1 is 1.04 bits per heavy atom. The van der Waals surface area contributed by atoms with E-state index < -0.39 is 0 Å². The van der Waals surface area contributed by atoms with Crippen LogP contribution in [0.5, 0.6) is 0 Å². The molecular weight excluding hydrogens is 340 g/mol. The van der Waals surface area contributed by atoms with Gasteiger partial charge in [0.15, 0.2) is 0 Å². The van der Waals surface area contributed by atoms with Crippen LogP contribution in [0.4, 0.5) is 5.69 Å². The molecule has 0 aliphatic rings. The van der Waals surface area contributed by atoms with Crippen LogP contribution in [0.1, 0.15) is 15.9 Å². The van der Waals surface area contributed by atoms with Gasteiger partial charge in [-0.1, -0.05) is 36.4 Å². The molecule has 0 spiro atoms. The molecule has 0 saturated heterocycles. The summed E-state index contributed by atoms with van der Waals surface area (Å²) in [7, 11) is 0. The van der Waals surface area contributed by atoms with Crippen molar-refractivity contribution >= 4 is 44.3 Å². The first-order valence-corrected chi connectivity index (χ1v) is 8.62. The van der Waals surface area contributed by atoms with Gasteiger partial charge in [-0.25, -0.2) is 0 Å². The van der Waals surface area contributed by atoms with Crippen LogP contribution in [0.2, 0.25) is 0 Å². The Labute approximate surface area is 153 Å². The summed E-state index contributed by atoms with van der Waals surface area (Å²) in [4.78, 5) is 16.1. The Morgan fingerprint density at radius 3 is 2.78 bits per heavy atom. The summed E-state index contributed by atoms with van der Waals surface area (Å²) in [5.74, 6) is -0.219. The molecule has 0 unspecified atom stereocenters. The van der Waals surface area contributed by atoms with Gasteiger partial charge < -0.3 is 15.4 Å². The number of H-pyrrole nitrogens is 2. The average molecular weight is 356 g/mol. The molecular formula is C21H16N4O2. The first-order valence-electron chi connectivity index (χ1n) is 8.62. The van der Waals surface area contributed by atoms with Crippen molar-refractivity contribution in [2.75, 3.05) is 5.32 Å². The SMILES string of the molecule is O=C(Nc1ccccc1CO)c1ccc2c(c1)[nH]c1c2ccc2cn[nH]c21. The molecule has 132 valence electrons. The van der Waals surface area contributed by atoms with E-state index in [0.29, 0.717) is 16.8 Å². The molecule has 3 aromatic carbocycles. The molecule has 0 atom stereocenters. The van der Waals surface area contributed by atoms with Crippen molar-refractivity contribution in [3.8, 4) is 0 Å². The third kappa shape index (κ3) is 2.46. The van der Waals surface area contributed by atoms with Crippen molar-refractivity contribution in [1.29, 1.82) is 0 Å². The summed E-state index contributed by atoms with van der Waals surface area (Å²) in [5.41, 5.74) is 4.65. The standard InChI is InChI=1S/C21H16N4O2/c26-11-14-3-1-2-4-17(14)24-21(27)12-5-7-15-16-8-6-13-10-22-25-19(13)20(16)23-18(15)9-12/h1-10,23,26H,11H2,(H,22,25)(H,24,27). The molecule has 6 heteroatoms. The predicted molar refractivity (Wildman–Crippen MR) is 106 cm³/mol. The zero-order valence-electron chi connectivity index (χ0n) is 14.3. The second-order valence-electron chi connectivity index (χ2n) is 6.48. The summed E-state index contributed by atoms with van der Waals surface area (Å²) < 4.78 is 0. The largest absolute Gasteiger partial charge is 0.392 e. The lowest BCUT2D eigenvalue weighted by Crippen LogP contribution is -2.13. The molecule has 0 fully saturated rings. The van der Waals surface area contributed by atoms with Crippen molar-refractivity contribution in [3.63, 3.8) is 0 Å². The molecule has 1 amide bonds. The average Bonchev–Trinajstić information content (AvgIpc) is 3.31. The van der Waals surface area contributed by atoms with E-state index in [1.807, 2.05) is 36.4 Å². The molecule has 27 heavy (non-hydrogen) atoms. The highest BCUT2D eigenvalue weighted by Crippen LogP contribution is 2.30. The molecule has 5 aromatic rings. The Morgan fingerprint density at radius 2 is 1.89 bits per heavy atom. The molecule has 0 aliphatic heterocycles. The number of carbonyl (C=O) groups excluding carboxylic acids is 1. The molecule has 0 aliphatic carbocycles. The van der Waals surface area contributed by atoms with Crippen LogP contribution in [-0.4, -0.2) is 26.2 Å². The Balaban J connectivity index is 1.57. The van der Waals surface area contributed by atoms with Crippen molar-refractivity contribution < 1.29 is 9.90 Å². The zero-order chi connectivity index (χ0) is 18.4. The predicted octanol–water partition coefficient (Wildman–Crippen LogP) is 3.94. The highest BCUT2D eigenvalue weighted by atomic mass is 16.3. The lowest BCUT2D eigenvalue weighted by molar-refractivity contribution is 0.102. The van der Waals surface area contributed by atoms with Crippen LogP contribution < -0.4 is 5.32 Å². The van der Waals surface area contributed by atoms with Crippen LogP contribution in [0.15, 0.2) is 60.8 Å². The normalized spacial score (nSPS) is 11.4. The van der Waals surface area contributed by atoms with E-state index in [-0.39, 0.29) is 12.5 Å². The second-order valence-corrected chi connectivity index (χ2v) is 6.48. The van der Waals surface area contributed by atoms with Gasteiger partial charge >= 0.3 is 0 Å². The molecule has 5 rings (SSSR count). The summed E-state index contributed by atoms with van der Waals surface area (Å²) >= 11 is 0. The Hall–Kier alpha value is -3.64. The molecule has 0 saturated carbocycles. The molecule has 2 aromatic heterocycles. The van der Waals surface area contributed by atoms with Gasteiger partial charge in [-0.2, -0.15) is 5.10 Å². The van der Waals surface area contributed by atoms with Crippen molar-refractivity contribution in [1.82, 2.24) is 15.2 Å². The van der Waals surface area contributed by atoms with Gasteiger partial charge in [-0.3, -0.25) is 9.89 Å². The summed E-state index contributed by atoms with van der Waals surface area (Å²) in [6.07, 6.45) is 1.79. The summed E-state index contributed by atoms with van der Waals surface area (Å²) in [6.45, 7) is -0.127. The minimum atomic E-state index is -0.219. The second kappa shape index (κ2) is 5.96. The third-order valence-corrected chi connectivity index (χ3v) is 4.89. The van der Waals surface area contributed by atoms with E-state index >= 15 is 0 Å². The minimum absolute atomic E-state index is 0.127. The number of carbonyl (C=O) groups is 1. The van der Waals surface area contributed by atoms with Gasteiger partial charge in [0.25, 0.3) is 5.91 Å². The number of hydrogen-bond donors (Lipinski definition) is 4. The molecule has 6 nitrogen and oxygen atoms in total. The van der Waals surface area contributed by atoms with Crippen molar-refractivity contribution in [3.05, 3.63) is 71.9 Å². The number of aromatic nitrogens is 3. The van der Waals surface area contributed by atoms with E-state index in [2.05, 4.69) is 26.6 Å². The number of amides is 1. The monoisotopic (exact) mass is 356 g/mol. The lowest BCUT2D eigenvalue weighted by Gasteiger charge is -2.09. The van der Waals surface area contributed by atoms with Gasteiger partial charge in [-0.05, 0) is 18.2 Å². The molecule has 0 bridgehead atoms. The number of hydrogen-bond acceptors (Lipinski definition) is 3. The van der Waals surface area contributed by atoms with Crippen molar-refractivity contribution in [2.24, 2.45) is 0 Å². The van der Waals surface area contributed by atoms with Gasteiger partial charge in [0, 0.05) is 38.5 Å². The lowest BCUT2D eigenvalue weighted by atomic mass is 10.1. The Bertz CT molecular complexity index is 1320. The number of benzene rings is 3. The Kier molecular flexibility index (Phi) is 3.45. The number of nitrogens with zero attached hydrogens (tertiary/aromatic N) is 1. The highest BCUT2D eigenvalue weighted by molar-refractivity contribution is 6.17. The van der Waals surface area contributed by atoms with E-state index in [9.17, 15) is 9.90 Å². The highest BCUT2D eigenvalue weighted by Gasteiger charge is 2.13. The van der Waals surface area contributed by atoms with Crippen molar-refractivity contribution in [2.45, 2.75) is 6.61 Å². The first-order chi connectivity index (χ1) is 13.2. The fourth-order valence-electron chi connectivity index (χ4n) is 3.50. The van der Waals surface area contributed by atoms with E-state index in [1.165, 1.54) is 0 Å². The van der Waals surface area contributed by atoms with Gasteiger partial charge in [0.1, 0.15) is 0 Å². The van der Waals surface area contributed by atoms with Gasteiger partial charge in [0.05, 0.1) is 23.8 Å². The first kappa shape index (κ1) is 15.6. The summed E-state index contributed by atoms with van der Waals surface area (Å²) in [5, 5.41) is 22.6. The number of para-hydroxylation sites is 1. The maximum absolute atomic E-state index is 12.7. The number of anilines is 1. The fourth-order valence-corrected chi connectivity index (χ4v) is 3.50. The quantitative estimate of drug-likeness (QED) is 0.394. The topological polar surface area (TPSA) is 93.8 Å². The fraction of sp³-hybridized carbons (Fsp3) is 0.0476. The van der Waals surface area contributed by atoms with Crippen LogP contribution in [-0.2, 0) is 6.61 Å². The van der Waals surface area contributed by atoms with Crippen LogP contribution in [0, 0.1) is 0 Å². The number of aliphatic hydroxyl groups excluding tert-OH is 1. The molecule has 2 heterocycles. The van der Waals surface area contributed by atoms with Crippen LogP contribution in [0.25, 0.3) is 32.7 Å². The number of nitrogens with one attached hydrogen (secondary N) is 3. The number of rotatable bonds is 3. The summed E-state index contributed by atoms with van der Waals surface area (Å²) in [6, 6.07) is 16.9. The van der Waals surface area contributed by atoms with E-state index in [0.717, 1.165) is 32.7 Å². The van der Waals surface area contributed by atoms with E-state index in [4.69, 9.17) is 0 Å². The van der Waals surface area contributed by atoms with Crippen LogP contribution >= 0.6 is 0 Å². The number of aliphatic hydroxyl groups is 1.